The highest BCUT2D eigenvalue weighted by molar-refractivity contribution is 5.46. The molecule has 0 spiro atoms. The van der Waals surface area contributed by atoms with Gasteiger partial charge in [-0.1, -0.05) is 18.2 Å². The first-order valence-electron chi connectivity index (χ1n) is 6.50. The van der Waals surface area contributed by atoms with Gasteiger partial charge in [0, 0.05) is 17.8 Å². The quantitative estimate of drug-likeness (QED) is 0.793. The fourth-order valence-electron chi connectivity index (χ4n) is 2.01. The first kappa shape index (κ1) is 14.2. The molecule has 0 fully saturated rings. The van der Waals surface area contributed by atoms with E-state index >= 15 is 0 Å². The van der Waals surface area contributed by atoms with E-state index in [1.807, 2.05) is 49.4 Å². The average molecular weight is 272 g/mol. The number of methoxy groups -OCH3 is 2. The zero-order valence-corrected chi connectivity index (χ0v) is 12.1. The van der Waals surface area contributed by atoms with Crippen LogP contribution in [0.25, 0.3) is 0 Å². The molecule has 0 atom stereocenters. The summed E-state index contributed by atoms with van der Waals surface area (Å²) in [6.45, 7) is 2.63. The molecule has 2 aromatic carbocycles. The van der Waals surface area contributed by atoms with E-state index in [1.54, 1.807) is 14.2 Å². The van der Waals surface area contributed by atoms with E-state index < -0.39 is 0 Å². The molecule has 0 unspecified atom stereocenters. The van der Waals surface area contributed by atoms with Gasteiger partial charge in [0.25, 0.3) is 0 Å². The lowest BCUT2D eigenvalue weighted by Gasteiger charge is -2.14. The Morgan fingerprint density at radius 1 is 0.950 bits per heavy atom. The van der Waals surface area contributed by atoms with Gasteiger partial charge in [-0.15, -0.1) is 0 Å². The van der Waals surface area contributed by atoms with Gasteiger partial charge in [0.15, 0.2) is 0 Å². The molecule has 2 N–H and O–H groups in total. The molecule has 20 heavy (non-hydrogen) atoms. The van der Waals surface area contributed by atoms with E-state index in [-0.39, 0.29) is 0 Å². The van der Waals surface area contributed by atoms with Gasteiger partial charge in [0.2, 0.25) is 0 Å². The number of para-hydroxylation sites is 1. The van der Waals surface area contributed by atoms with Crippen molar-refractivity contribution in [3.05, 3.63) is 53.6 Å². The third-order valence-corrected chi connectivity index (χ3v) is 3.08. The number of hydrogen-bond donors (Lipinski definition) is 2. The number of rotatable bonds is 6. The normalized spacial score (nSPS) is 10.2. The van der Waals surface area contributed by atoms with Crippen LogP contribution < -0.4 is 20.3 Å². The van der Waals surface area contributed by atoms with Crippen LogP contribution in [0, 0.1) is 6.92 Å². The van der Waals surface area contributed by atoms with E-state index in [2.05, 4.69) is 10.9 Å². The molecular weight excluding hydrogens is 252 g/mol. The predicted octanol–water partition coefficient (Wildman–Crippen LogP) is 3.13. The lowest BCUT2D eigenvalue weighted by molar-refractivity contribution is 0.395. The van der Waals surface area contributed by atoms with Crippen molar-refractivity contribution in [2.24, 2.45) is 0 Å². The molecule has 0 saturated carbocycles. The van der Waals surface area contributed by atoms with Gasteiger partial charge in [-0.2, -0.15) is 0 Å². The topological polar surface area (TPSA) is 42.5 Å². The number of aryl methyl sites for hydroxylation is 1. The van der Waals surface area contributed by atoms with E-state index in [4.69, 9.17) is 9.47 Å². The van der Waals surface area contributed by atoms with Crippen LogP contribution in [0.3, 0.4) is 0 Å². The molecule has 0 aromatic heterocycles. The van der Waals surface area contributed by atoms with Crippen LogP contribution in [-0.4, -0.2) is 14.2 Å². The van der Waals surface area contributed by atoms with Gasteiger partial charge in [0.1, 0.15) is 11.5 Å². The SMILES string of the molecule is COc1cc(CNNc2ccccc2)c(OC)cc1C. The molecule has 0 aliphatic carbocycles. The van der Waals surface area contributed by atoms with E-state index in [0.717, 1.165) is 28.3 Å². The molecule has 0 aliphatic heterocycles. The maximum atomic E-state index is 5.41. The van der Waals surface area contributed by atoms with Crippen molar-refractivity contribution in [1.29, 1.82) is 0 Å². The molecule has 0 amide bonds. The number of benzene rings is 2. The first-order chi connectivity index (χ1) is 9.74. The van der Waals surface area contributed by atoms with Crippen molar-refractivity contribution in [2.45, 2.75) is 13.5 Å². The van der Waals surface area contributed by atoms with Crippen LogP contribution in [-0.2, 0) is 6.54 Å². The van der Waals surface area contributed by atoms with Gasteiger partial charge in [-0.05, 0) is 36.8 Å². The number of anilines is 1. The molecule has 2 aromatic rings. The predicted molar refractivity (Wildman–Crippen MR) is 81.2 cm³/mol. The molecule has 4 nitrogen and oxygen atoms in total. The summed E-state index contributed by atoms with van der Waals surface area (Å²) in [7, 11) is 3.35. The summed E-state index contributed by atoms with van der Waals surface area (Å²) >= 11 is 0. The zero-order chi connectivity index (χ0) is 14.4. The molecule has 0 bridgehead atoms. The van der Waals surface area contributed by atoms with Crippen molar-refractivity contribution in [3.63, 3.8) is 0 Å². The maximum Gasteiger partial charge on any atom is 0.123 e. The second kappa shape index (κ2) is 6.82. The molecule has 0 aliphatic rings. The van der Waals surface area contributed by atoms with Crippen LogP contribution in [0.2, 0.25) is 0 Å². The van der Waals surface area contributed by atoms with Gasteiger partial charge < -0.3 is 14.9 Å². The van der Waals surface area contributed by atoms with Crippen LogP contribution in [0.5, 0.6) is 11.5 Å². The van der Waals surface area contributed by atoms with Gasteiger partial charge in [-0.25, -0.2) is 5.43 Å². The lowest BCUT2D eigenvalue weighted by Crippen LogP contribution is -2.21. The molecule has 106 valence electrons. The van der Waals surface area contributed by atoms with Crippen molar-refractivity contribution >= 4 is 5.69 Å². The Balaban J connectivity index is 2.05. The molecule has 0 radical (unpaired) electrons. The Hall–Kier alpha value is -2.20. The summed E-state index contributed by atoms with van der Waals surface area (Å²) < 4.78 is 10.8. The van der Waals surface area contributed by atoms with Crippen LogP contribution >= 0.6 is 0 Å². The minimum Gasteiger partial charge on any atom is -0.496 e. The standard InChI is InChI=1S/C16H20N2O2/c1-12-9-16(20-3)13(10-15(12)19-2)11-17-18-14-7-5-4-6-8-14/h4-10,17-18H,11H2,1-3H3. The number of nitrogens with one attached hydrogen (secondary N) is 2. The summed E-state index contributed by atoms with van der Waals surface area (Å²) in [5.41, 5.74) is 9.45. The molecular formula is C16H20N2O2. The summed E-state index contributed by atoms with van der Waals surface area (Å²) in [5, 5.41) is 0. The second-order valence-electron chi connectivity index (χ2n) is 4.48. The summed E-state index contributed by atoms with van der Waals surface area (Å²) in [6.07, 6.45) is 0. The van der Waals surface area contributed by atoms with Crippen LogP contribution in [0.15, 0.2) is 42.5 Å². The summed E-state index contributed by atoms with van der Waals surface area (Å²) in [6, 6.07) is 13.9. The summed E-state index contributed by atoms with van der Waals surface area (Å²) in [5.74, 6) is 1.72. The zero-order valence-electron chi connectivity index (χ0n) is 12.1. The highest BCUT2D eigenvalue weighted by Crippen LogP contribution is 2.28. The highest BCUT2D eigenvalue weighted by Gasteiger charge is 2.08. The second-order valence-corrected chi connectivity index (χ2v) is 4.48. The monoisotopic (exact) mass is 272 g/mol. The molecule has 0 heterocycles. The van der Waals surface area contributed by atoms with E-state index in [0.29, 0.717) is 6.54 Å². The summed E-state index contributed by atoms with van der Waals surface area (Å²) in [4.78, 5) is 0. The van der Waals surface area contributed by atoms with Crippen molar-refractivity contribution in [2.75, 3.05) is 19.6 Å². The third-order valence-electron chi connectivity index (χ3n) is 3.08. The number of hydrogen-bond acceptors (Lipinski definition) is 4. The Morgan fingerprint density at radius 2 is 1.65 bits per heavy atom. The fourth-order valence-corrected chi connectivity index (χ4v) is 2.01. The maximum absolute atomic E-state index is 5.41. The molecule has 0 saturated heterocycles. The van der Waals surface area contributed by atoms with Crippen LogP contribution in [0.4, 0.5) is 5.69 Å². The molecule has 2 rings (SSSR count). The fraction of sp³-hybridized carbons (Fsp3) is 0.250. The van der Waals surface area contributed by atoms with E-state index in [1.165, 1.54) is 0 Å². The minimum atomic E-state index is 0.634. The van der Waals surface area contributed by atoms with Crippen molar-refractivity contribution < 1.29 is 9.47 Å². The number of hydrazine groups is 1. The lowest BCUT2D eigenvalue weighted by atomic mass is 10.1. The highest BCUT2D eigenvalue weighted by atomic mass is 16.5. The van der Waals surface area contributed by atoms with Crippen molar-refractivity contribution in [1.82, 2.24) is 5.43 Å². The van der Waals surface area contributed by atoms with E-state index in [9.17, 15) is 0 Å². The first-order valence-corrected chi connectivity index (χ1v) is 6.50. The Kier molecular flexibility index (Phi) is 4.85. The van der Waals surface area contributed by atoms with Gasteiger partial charge >= 0.3 is 0 Å². The smallest absolute Gasteiger partial charge is 0.123 e. The van der Waals surface area contributed by atoms with Gasteiger partial charge in [-0.3, -0.25) is 0 Å². The van der Waals surface area contributed by atoms with Crippen molar-refractivity contribution in [3.8, 4) is 11.5 Å². The Labute approximate surface area is 119 Å². The minimum absolute atomic E-state index is 0.634. The Morgan fingerprint density at radius 3 is 2.30 bits per heavy atom. The van der Waals surface area contributed by atoms with Gasteiger partial charge in [0.05, 0.1) is 14.2 Å². The molecule has 4 heteroatoms. The average Bonchev–Trinajstić information content (AvgIpc) is 2.49. The largest absolute Gasteiger partial charge is 0.496 e. The third kappa shape index (κ3) is 3.42. The Bertz CT molecular complexity index is 556. The van der Waals surface area contributed by atoms with Crippen LogP contribution in [0.1, 0.15) is 11.1 Å². The number of ether oxygens (including phenoxy) is 2.